The zero-order valence-electron chi connectivity index (χ0n) is 17.9. The van der Waals surface area contributed by atoms with Crippen LogP contribution in [0.2, 0.25) is 0 Å². The van der Waals surface area contributed by atoms with E-state index in [9.17, 15) is 24.8 Å². The van der Waals surface area contributed by atoms with Crippen molar-refractivity contribution in [2.75, 3.05) is 19.7 Å². The summed E-state index contributed by atoms with van der Waals surface area (Å²) in [5.41, 5.74) is -0.773. The molecule has 1 fully saturated rings. The third kappa shape index (κ3) is 5.91. The Labute approximate surface area is 176 Å². The molecule has 2 unspecified atom stereocenters. The van der Waals surface area contributed by atoms with Gasteiger partial charge in [-0.25, -0.2) is 4.79 Å². The number of piperidine rings is 1. The predicted octanol–water partition coefficient (Wildman–Crippen LogP) is 3.45. The van der Waals surface area contributed by atoms with Gasteiger partial charge in [0.15, 0.2) is 0 Å². The number of para-hydroxylation sites is 1. The summed E-state index contributed by atoms with van der Waals surface area (Å²) < 4.78 is 10.6. The van der Waals surface area contributed by atoms with Gasteiger partial charge in [0.25, 0.3) is 5.69 Å². The van der Waals surface area contributed by atoms with Crippen LogP contribution >= 0.6 is 0 Å². The van der Waals surface area contributed by atoms with Crippen LogP contribution in [0, 0.1) is 22.0 Å². The third-order valence-corrected chi connectivity index (χ3v) is 5.05. The highest BCUT2D eigenvalue weighted by Crippen LogP contribution is 2.38. The fourth-order valence-corrected chi connectivity index (χ4v) is 3.68. The molecule has 0 bridgehead atoms. The van der Waals surface area contributed by atoms with E-state index in [4.69, 9.17) is 9.47 Å². The molecule has 1 aliphatic heterocycles. The van der Waals surface area contributed by atoms with E-state index in [2.05, 4.69) is 0 Å². The number of rotatable bonds is 6. The first-order valence-electron chi connectivity index (χ1n) is 10.1. The van der Waals surface area contributed by atoms with Crippen molar-refractivity contribution in [3.63, 3.8) is 0 Å². The van der Waals surface area contributed by atoms with Crippen molar-refractivity contribution in [2.45, 2.75) is 52.2 Å². The van der Waals surface area contributed by atoms with E-state index in [0.29, 0.717) is 25.9 Å². The van der Waals surface area contributed by atoms with Crippen molar-refractivity contribution in [3.8, 4) is 0 Å². The molecule has 2 rings (SSSR count). The topological polar surface area (TPSA) is 119 Å². The van der Waals surface area contributed by atoms with Crippen molar-refractivity contribution in [2.24, 2.45) is 11.8 Å². The van der Waals surface area contributed by atoms with Gasteiger partial charge in [0, 0.05) is 19.2 Å². The summed E-state index contributed by atoms with van der Waals surface area (Å²) >= 11 is 0. The van der Waals surface area contributed by atoms with E-state index < -0.39 is 34.6 Å². The number of esters is 1. The molecular weight excluding hydrogens is 392 g/mol. The highest BCUT2D eigenvalue weighted by Gasteiger charge is 2.41. The van der Waals surface area contributed by atoms with E-state index in [0.717, 1.165) is 0 Å². The normalized spacial score (nSPS) is 17.2. The van der Waals surface area contributed by atoms with Gasteiger partial charge in [-0.2, -0.15) is 0 Å². The molecule has 0 saturated carbocycles. The number of hydrogen-bond donors (Lipinski definition) is 1. The van der Waals surface area contributed by atoms with Crippen LogP contribution in [0.5, 0.6) is 0 Å². The van der Waals surface area contributed by atoms with Gasteiger partial charge < -0.3 is 19.5 Å². The first kappa shape index (κ1) is 23.6. The number of aliphatic hydroxyl groups excluding tert-OH is 1. The highest BCUT2D eigenvalue weighted by molar-refractivity contribution is 5.74. The number of carbonyl (C=O) groups excluding carboxylic acids is 2. The fraction of sp³-hybridized carbons (Fsp3) is 0.619. The molecule has 0 aliphatic carbocycles. The molecule has 1 aliphatic rings. The molecule has 30 heavy (non-hydrogen) atoms. The summed E-state index contributed by atoms with van der Waals surface area (Å²) in [5, 5.41) is 22.3. The summed E-state index contributed by atoms with van der Waals surface area (Å²) in [4.78, 5) is 37.3. The molecule has 1 aromatic rings. The Hall–Kier alpha value is -2.68. The lowest BCUT2D eigenvalue weighted by Gasteiger charge is -2.37. The van der Waals surface area contributed by atoms with Gasteiger partial charge in [-0.05, 0) is 52.5 Å². The Morgan fingerprint density at radius 3 is 2.40 bits per heavy atom. The number of ether oxygens (including phenoxy) is 2. The fourth-order valence-electron chi connectivity index (χ4n) is 3.68. The Balaban J connectivity index is 2.20. The molecule has 1 heterocycles. The summed E-state index contributed by atoms with van der Waals surface area (Å²) in [6, 6.07) is 5.84. The van der Waals surface area contributed by atoms with Crippen molar-refractivity contribution in [1.29, 1.82) is 0 Å². The van der Waals surface area contributed by atoms with Crippen LogP contribution in [0.1, 0.15) is 52.2 Å². The van der Waals surface area contributed by atoms with E-state index in [-0.39, 0.29) is 23.8 Å². The maximum atomic E-state index is 12.7. The minimum absolute atomic E-state index is 0.0788. The van der Waals surface area contributed by atoms with Crippen LogP contribution in [-0.2, 0) is 14.3 Å². The van der Waals surface area contributed by atoms with Crippen LogP contribution in [0.15, 0.2) is 24.3 Å². The number of benzene rings is 1. The van der Waals surface area contributed by atoms with Gasteiger partial charge in [-0.3, -0.25) is 14.9 Å². The Bertz CT molecular complexity index is 767. The summed E-state index contributed by atoms with van der Waals surface area (Å²) in [6.45, 7) is 7.89. The molecule has 0 aromatic heterocycles. The monoisotopic (exact) mass is 422 g/mol. The van der Waals surface area contributed by atoms with Gasteiger partial charge in [0.05, 0.1) is 29.1 Å². The van der Waals surface area contributed by atoms with Gasteiger partial charge in [-0.1, -0.05) is 12.1 Å². The molecule has 0 radical (unpaired) electrons. The predicted molar refractivity (Wildman–Crippen MR) is 109 cm³/mol. The number of likely N-dealkylation sites (tertiary alicyclic amines) is 1. The molecule has 9 nitrogen and oxygen atoms in total. The highest BCUT2D eigenvalue weighted by atomic mass is 16.6. The Morgan fingerprint density at radius 2 is 1.87 bits per heavy atom. The second-order valence-corrected chi connectivity index (χ2v) is 8.34. The zero-order chi connectivity index (χ0) is 22.5. The average molecular weight is 422 g/mol. The zero-order valence-corrected chi connectivity index (χ0v) is 17.9. The molecule has 1 amide bonds. The summed E-state index contributed by atoms with van der Waals surface area (Å²) in [6.07, 6.45) is -0.919. The minimum atomic E-state index is -1.39. The SMILES string of the molecule is CCOC(=O)C(C1CCN(C(=O)OC(C)(C)C)CC1)C(O)c1ccccc1[N+](=O)[O-]. The molecule has 1 N–H and O–H groups in total. The molecule has 0 spiro atoms. The van der Waals surface area contributed by atoms with Crippen LogP contribution in [0.3, 0.4) is 0 Å². The first-order chi connectivity index (χ1) is 14.0. The van der Waals surface area contributed by atoms with E-state index in [1.54, 1.807) is 38.7 Å². The lowest BCUT2D eigenvalue weighted by atomic mass is 9.78. The minimum Gasteiger partial charge on any atom is -0.466 e. The van der Waals surface area contributed by atoms with E-state index in [1.807, 2.05) is 0 Å². The number of nitro benzene ring substituents is 1. The van der Waals surface area contributed by atoms with Gasteiger partial charge in [0.1, 0.15) is 5.60 Å². The lowest BCUT2D eigenvalue weighted by Crippen LogP contribution is -2.44. The average Bonchev–Trinajstić information content (AvgIpc) is 2.67. The maximum Gasteiger partial charge on any atom is 0.410 e. The number of aliphatic hydroxyl groups is 1. The Kier molecular flexibility index (Phi) is 7.77. The lowest BCUT2D eigenvalue weighted by molar-refractivity contribution is -0.386. The molecule has 2 atom stereocenters. The Morgan fingerprint density at radius 1 is 1.27 bits per heavy atom. The van der Waals surface area contributed by atoms with Gasteiger partial charge >= 0.3 is 12.1 Å². The molecular formula is C21H30N2O7. The van der Waals surface area contributed by atoms with Crippen LogP contribution < -0.4 is 0 Å². The van der Waals surface area contributed by atoms with E-state index >= 15 is 0 Å². The van der Waals surface area contributed by atoms with Crippen molar-refractivity contribution >= 4 is 17.7 Å². The number of hydrogen-bond acceptors (Lipinski definition) is 7. The largest absolute Gasteiger partial charge is 0.466 e. The second kappa shape index (κ2) is 9.88. The number of carbonyl (C=O) groups is 2. The van der Waals surface area contributed by atoms with Gasteiger partial charge in [0.2, 0.25) is 0 Å². The molecule has 1 saturated heterocycles. The molecule has 1 aromatic carbocycles. The number of nitro groups is 1. The van der Waals surface area contributed by atoms with Crippen molar-refractivity contribution in [1.82, 2.24) is 4.90 Å². The van der Waals surface area contributed by atoms with Crippen LogP contribution in [0.4, 0.5) is 10.5 Å². The molecule has 166 valence electrons. The van der Waals surface area contributed by atoms with E-state index in [1.165, 1.54) is 18.2 Å². The standard InChI is InChI=1S/C21H30N2O7/c1-5-29-19(25)17(18(24)15-8-6-7-9-16(15)23(27)28)14-10-12-22(13-11-14)20(26)30-21(2,3)4/h6-9,14,17-18,24H,5,10-13H2,1-4H3. The second-order valence-electron chi connectivity index (χ2n) is 8.34. The number of amides is 1. The number of nitrogens with zero attached hydrogens (tertiary/aromatic N) is 2. The quantitative estimate of drug-likeness (QED) is 0.423. The summed E-state index contributed by atoms with van der Waals surface area (Å²) in [5.74, 6) is -1.86. The molecule has 9 heteroatoms. The van der Waals surface area contributed by atoms with Crippen LogP contribution in [0.25, 0.3) is 0 Å². The van der Waals surface area contributed by atoms with Gasteiger partial charge in [-0.15, -0.1) is 0 Å². The first-order valence-corrected chi connectivity index (χ1v) is 10.1. The summed E-state index contributed by atoms with van der Waals surface area (Å²) in [7, 11) is 0. The smallest absolute Gasteiger partial charge is 0.410 e. The van der Waals surface area contributed by atoms with Crippen LogP contribution in [-0.4, -0.2) is 52.3 Å². The van der Waals surface area contributed by atoms with Crippen molar-refractivity contribution in [3.05, 3.63) is 39.9 Å². The van der Waals surface area contributed by atoms with Crippen molar-refractivity contribution < 1.29 is 29.1 Å². The maximum absolute atomic E-state index is 12.7. The third-order valence-electron chi connectivity index (χ3n) is 5.05.